The molecule has 1 saturated heterocycles. The third kappa shape index (κ3) is 3.92. The maximum Gasteiger partial charge on any atom is 0.256 e. The number of carbonyl (C=O) groups is 1. The van der Waals surface area contributed by atoms with Gasteiger partial charge in [-0.05, 0) is 24.3 Å². The Balaban J connectivity index is 1.47. The number of nitrogens with zero attached hydrogens (tertiary/aromatic N) is 2. The number of carbonyl (C=O) groups excluding carboxylic acids is 1. The first-order chi connectivity index (χ1) is 14.0. The number of hydrogen-bond donors (Lipinski definition) is 0. The highest BCUT2D eigenvalue weighted by atomic mass is 32.2. The summed E-state index contributed by atoms with van der Waals surface area (Å²) < 4.78 is 52.4. The predicted molar refractivity (Wildman–Crippen MR) is 103 cm³/mol. The highest BCUT2D eigenvalue weighted by Gasteiger charge is 2.31. The lowest BCUT2D eigenvalue weighted by molar-refractivity contribution is 0.0693. The zero-order valence-corrected chi connectivity index (χ0v) is 16.5. The van der Waals surface area contributed by atoms with Crippen molar-refractivity contribution in [2.45, 2.75) is 11.3 Å². The summed E-state index contributed by atoms with van der Waals surface area (Å²) in [7, 11) is -3.74. The maximum absolute atomic E-state index is 13.9. The fraction of sp³-hybridized carbons (Fsp3) is 0.350. The van der Waals surface area contributed by atoms with Crippen LogP contribution in [0.3, 0.4) is 0 Å². The topological polar surface area (TPSA) is 76.2 Å². The highest BCUT2D eigenvalue weighted by molar-refractivity contribution is 7.89. The summed E-state index contributed by atoms with van der Waals surface area (Å²) in [6.45, 7) is 1.65. The quantitative estimate of drug-likeness (QED) is 0.761. The molecule has 0 spiro atoms. The van der Waals surface area contributed by atoms with E-state index in [0.29, 0.717) is 24.7 Å². The van der Waals surface area contributed by atoms with Crippen LogP contribution in [0.15, 0.2) is 47.4 Å². The first-order valence-electron chi connectivity index (χ1n) is 9.40. The molecule has 2 heterocycles. The number of sulfonamides is 1. The highest BCUT2D eigenvalue weighted by Crippen LogP contribution is 2.33. The van der Waals surface area contributed by atoms with E-state index in [2.05, 4.69) is 0 Å². The number of rotatable bonds is 3. The molecule has 0 N–H and O–H groups in total. The fourth-order valence-corrected chi connectivity index (χ4v) is 4.83. The van der Waals surface area contributed by atoms with Crippen LogP contribution in [0.1, 0.15) is 16.8 Å². The van der Waals surface area contributed by atoms with E-state index >= 15 is 0 Å². The van der Waals surface area contributed by atoms with E-state index in [9.17, 15) is 17.6 Å². The van der Waals surface area contributed by atoms with Crippen molar-refractivity contribution < 1.29 is 27.1 Å². The number of amides is 1. The molecule has 2 aliphatic heterocycles. The molecule has 4 rings (SSSR count). The fourth-order valence-electron chi connectivity index (χ4n) is 3.39. The molecule has 2 aliphatic rings. The van der Waals surface area contributed by atoms with Gasteiger partial charge in [-0.15, -0.1) is 0 Å². The Morgan fingerprint density at radius 1 is 0.931 bits per heavy atom. The summed E-state index contributed by atoms with van der Waals surface area (Å²) in [5.41, 5.74) is -0.00768. The molecule has 0 saturated carbocycles. The monoisotopic (exact) mass is 420 g/mol. The van der Waals surface area contributed by atoms with E-state index in [4.69, 9.17) is 9.47 Å². The van der Waals surface area contributed by atoms with Gasteiger partial charge in [0.2, 0.25) is 10.0 Å². The first kappa shape index (κ1) is 19.7. The minimum atomic E-state index is -3.74. The van der Waals surface area contributed by atoms with Gasteiger partial charge in [0.05, 0.1) is 23.7 Å². The van der Waals surface area contributed by atoms with Crippen molar-refractivity contribution in [2.75, 3.05) is 39.4 Å². The van der Waals surface area contributed by atoms with Gasteiger partial charge in [-0.25, -0.2) is 12.8 Å². The summed E-state index contributed by atoms with van der Waals surface area (Å²) in [6, 6.07) is 10.4. The van der Waals surface area contributed by atoms with Gasteiger partial charge < -0.3 is 14.4 Å². The summed E-state index contributed by atoms with van der Waals surface area (Å²) >= 11 is 0. The van der Waals surface area contributed by atoms with Gasteiger partial charge in [0.15, 0.2) is 11.5 Å². The van der Waals surface area contributed by atoms with Crippen molar-refractivity contribution in [2.24, 2.45) is 0 Å². The van der Waals surface area contributed by atoms with E-state index in [1.807, 2.05) is 0 Å². The van der Waals surface area contributed by atoms with Crippen molar-refractivity contribution in [3.63, 3.8) is 0 Å². The van der Waals surface area contributed by atoms with Crippen LogP contribution in [-0.4, -0.2) is 62.9 Å². The van der Waals surface area contributed by atoms with Gasteiger partial charge >= 0.3 is 0 Å². The number of benzene rings is 2. The van der Waals surface area contributed by atoms with E-state index in [-0.39, 0.29) is 36.6 Å². The Labute approximate surface area is 168 Å². The number of halogens is 1. The van der Waals surface area contributed by atoms with E-state index in [0.717, 1.165) is 6.42 Å². The average Bonchev–Trinajstić information content (AvgIpc) is 2.98. The SMILES string of the molecule is O=C(c1ccccc1F)N1CCN(S(=O)(=O)c2ccc3c(c2)OCCCO3)CC1. The van der Waals surface area contributed by atoms with Crippen LogP contribution in [-0.2, 0) is 10.0 Å². The lowest BCUT2D eigenvalue weighted by Crippen LogP contribution is -2.50. The Kier molecular flexibility index (Phi) is 5.42. The first-order valence-corrected chi connectivity index (χ1v) is 10.8. The normalized spacial score (nSPS) is 17.6. The Morgan fingerprint density at radius 3 is 2.34 bits per heavy atom. The second-order valence-corrected chi connectivity index (χ2v) is 8.77. The molecule has 2 aromatic carbocycles. The molecule has 0 atom stereocenters. The van der Waals surface area contributed by atoms with Crippen LogP contribution in [0.2, 0.25) is 0 Å². The number of ether oxygens (including phenoxy) is 2. The molecular weight excluding hydrogens is 399 g/mol. The van der Waals surface area contributed by atoms with Crippen LogP contribution in [0.25, 0.3) is 0 Å². The average molecular weight is 420 g/mol. The third-order valence-corrected chi connectivity index (χ3v) is 6.88. The predicted octanol–water partition coefficient (Wildman–Crippen LogP) is 2.13. The molecule has 0 unspecified atom stereocenters. The van der Waals surface area contributed by atoms with Crippen LogP contribution < -0.4 is 9.47 Å². The van der Waals surface area contributed by atoms with Crippen molar-refractivity contribution in [3.8, 4) is 11.5 Å². The molecule has 7 nitrogen and oxygen atoms in total. The lowest BCUT2D eigenvalue weighted by atomic mass is 10.1. The van der Waals surface area contributed by atoms with Crippen molar-refractivity contribution >= 4 is 15.9 Å². The van der Waals surface area contributed by atoms with Crippen molar-refractivity contribution in [3.05, 3.63) is 53.8 Å². The molecule has 0 bridgehead atoms. The molecule has 9 heteroatoms. The van der Waals surface area contributed by atoms with Crippen molar-refractivity contribution in [1.82, 2.24) is 9.21 Å². The van der Waals surface area contributed by atoms with E-state index < -0.39 is 21.7 Å². The molecule has 1 fully saturated rings. The van der Waals surface area contributed by atoms with Gasteiger partial charge in [-0.3, -0.25) is 4.79 Å². The molecule has 2 aromatic rings. The van der Waals surface area contributed by atoms with Gasteiger partial charge in [0, 0.05) is 38.7 Å². The molecule has 29 heavy (non-hydrogen) atoms. The van der Waals surface area contributed by atoms with Gasteiger partial charge in [0.1, 0.15) is 5.82 Å². The van der Waals surface area contributed by atoms with Crippen LogP contribution in [0, 0.1) is 5.82 Å². The smallest absolute Gasteiger partial charge is 0.256 e. The molecule has 154 valence electrons. The van der Waals surface area contributed by atoms with Crippen LogP contribution >= 0.6 is 0 Å². The number of piperazine rings is 1. The maximum atomic E-state index is 13.9. The Morgan fingerprint density at radius 2 is 1.62 bits per heavy atom. The second kappa shape index (κ2) is 8.00. The summed E-state index contributed by atoms with van der Waals surface area (Å²) in [4.78, 5) is 14.1. The van der Waals surface area contributed by atoms with E-state index in [1.165, 1.54) is 39.5 Å². The van der Waals surface area contributed by atoms with E-state index in [1.54, 1.807) is 12.1 Å². The molecular formula is C20H21FN2O5S. The third-order valence-electron chi connectivity index (χ3n) is 4.99. The zero-order chi connectivity index (χ0) is 20.4. The zero-order valence-electron chi connectivity index (χ0n) is 15.7. The largest absolute Gasteiger partial charge is 0.490 e. The summed E-state index contributed by atoms with van der Waals surface area (Å²) in [5, 5.41) is 0. The number of hydrogen-bond acceptors (Lipinski definition) is 5. The van der Waals surface area contributed by atoms with Crippen molar-refractivity contribution in [1.29, 1.82) is 0 Å². The van der Waals surface area contributed by atoms with Gasteiger partial charge in [-0.2, -0.15) is 4.31 Å². The molecule has 0 aliphatic carbocycles. The molecule has 0 aromatic heterocycles. The van der Waals surface area contributed by atoms with Crippen LogP contribution in [0.5, 0.6) is 11.5 Å². The minimum Gasteiger partial charge on any atom is -0.490 e. The minimum absolute atomic E-state index is 0.00768. The lowest BCUT2D eigenvalue weighted by Gasteiger charge is -2.34. The standard InChI is InChI=1S/C20H21FN2O5S/c21-17-5-2-1-4-16(17)20(24)22-8-10-23(11-9-22)29(25,26)15-6-7-18-19(14-15)28-13-3-12-27-18/h1-2,4-7,14H,3,8-13H2. The number of fused-ring (bicyclic) bond motifs is 1. The Hall–Kier alpha value is -2.65. The molecule has 1 amide bonds. The second-order valence-electron chi connectivity index (χ2n) is 6.84. The summed E-state index contributed by atoms with van der Waals surface area (Å²) in [5.74, 6) is -0.0748. The van der Waals surface area contributed by atoms with Crippen LogP contribution in [0.4, 0.5) is 4.39 Å². The summed E-state index contributed by atoms with van der Waals surface area (Å²) in [6.07, 6.45) is 0.731. The van der Waals surface area contributed by atoms with Gasteiger partial charge in [-0.1, -0.05) is 12.1 Å². The van der Waals surface area contributed by atoms with Gasteiger partial charge in [0.25, 0.3) is 5.91 Å². The Bertz CT molecular complexity index is 1020. The molecule has 0 radical (unpaired) electrons.